The van der Waals surface area contributed by atoms with Crippen molar-refractivity contribution in [2.24, 2.45) is 0 Å². The minimum Gasteiger partial charge on any atom is -0.465 e. The molecule has 0 heterocycles. The Morgan fingerprint density at radius 2 is 1.61 bits per heavy atom. The molecule has 7 nitrogen and oxygen atoms in total. The van der Waals surface area contributed by atoms with Gasteiger partial charge in [-0.2, -0.15) is 0 Å². The molecule has 0 aliphatic heterocycles. The Labute approximate surface area is 172 Å². The van der Waals surface area contributed by atoms with Gasteiger partial charge in [0.25, 0.3) is 0 Å². The maximum atomic E-state index is 12.9. The summed E-state index contributed by atoms with van der Waals surface area (Å²) in [5.41, 5.74) is 0.309. The SMILES string of the molecule is COC(=O)c1ccc(C(=O)OC)c(S(=O)(=O)N[C@@H](C)c2ccc(Cl)c(Cl)c2)c1. The van der Waals surface area contributed by atoms with Crippen LogP contribution in [-0.4, -0.2) is 34.6 Å². The lowest BCUT2D eigenvalue weighted by molar-refractivity contribution is 0.0583. The van der Waals surface area contributed by atoms with Crippen LogP contribution in [0.2, 0.25) is 10.0 Å². The third kappa shape index (κ3) is 4.82. The van der Waals surface area contributed by atoms with Crippen LogP contribution >= 0.6 is 23.2 Å². The van der Waals surface area contributed by atoms with E-state index in [1.165, 1.54) is 18.2 Å². The molecule has 28 heavy (non-hydrogen) atoms. The van der Waals surface area contributed by atoms with E-state index in [2.05, 4.69) is 14.2 Å². The Morgan fingerprint density at radius 3 is 2.18 bits per heavy atom. The molecule has 0 bridgehead atoms. The van der Waals surface area contributed by atoms with E-state index < -0.39 is 32.9 Å². The van der Waals surface area contributed by atoms with Gasteiger partial charge in [0.1, 0.15) is 0 Å². The molecule has 10 heteroatoms. The summed E-state index contributed by atoms with van der Waals surface area (Å²) in [4.78, 5) is 23.4. The van der Waals surface area contributed by atoms with E-state index in [1.807, 2.05) is 0 Å². The first-order chi connectivity index (χ1) is 13.1. The second-order valence-corrected chi connectivity index (χ2v) is 8.21. The molecular formula is C18H17Cl2NO6S. The van der Waals surface area contributed by atoms with Gasteiger partial charge in [0.2, 0.25) is 10.0 Å². The lowest BCUT2D eigenvalue weighted by Gasteiger charge is -2.17. The first-order valence-corrected chi connectivity index (χ1v) is 10.1. The van der Waals surface area contributed by atoms with Gasteiger partial charge in [0, 0.05) is 6.04 Å². The summed E-state index contributed by atoms with van der Waals surface area (Å²) in [5, 5.41) is 0.604. The summed E-state index contributed by atoms with van der Waals surface area (Å²) in [6, 6.07) is 7.52. The summed E-state index contributed by atoms with van der Waals surface area (Å²) in [6.07, 6.45) is 0. The Bertz CT molecular complexity index is 1020. The van der Waals surface area contributed by atoms with Crippen molar-refractivity contribution < 1.29 is 27.5 Å². The van der Waals surface area contributed by atoms with Crippen molar-refractivity contribution >= 4 is 45.2 Å². The van der Waals surface area contributed by atoms with Crippen LogP contribution in [0.1, 0.15) is 39.2 Å². The second-order valence-electron chi connectivity index (χ2n) is 5.71. The van der Waals surface area contributed by atoms with E-state index in [4.69, 9.17) is 23.2 Å². The van der Waals surface area contributed by atoms with Crippen LogP contribution in [0.3, 0.4) is 0 Å². The highest BCUT2D eigenvalue weighted by Crippen LogP contribution is 2.27. The van der Waals surface area contributed by atoms with E-state index in [0.29, 0.717) is 10.6 Å². The maximum absolute atomic E-state index is 12.9. The van der Waals surface area contributed by atoms with E-state index in [0.717, 1.165) is 20.3 Å². The zero-order chi connectivity index (χ0) is 21.1. The Morgan fingerprint density at radius 1 is 0.964 bits per heavy atom. The average Bonchev–Trinajstić information content (AvgIpc) is 2.67. The summed E-state index contributed by atoms with van der Waals surface area (Å²) >= 11 is 11.9. The maximum Gasteiger partial charge on any atom is 0.339 e. The molecule has 1 atom stereocenters. The highest BCUT2D eigenvalue weighted by molar-refractivity contribution is 7.89. The number of hydrogen-bond donors (Lipinski definition) is 1. The van der Waals surface area contributed by atoms with Crippen molar-refractivity contribution in [2.75, 3.05) is 14.2 Å². The van der Waals surface area contributed by atoms with Gasteiger partial charge in [-0.25, -0.2) is 22.7 Å². The van der Waals surface area contributed by atoms with Gasteiger partial charge in [-0.3, -0.25) is 0 Å². The predicted octanol–water partition coefficient (Wildman–Crippen LogP) is 3.61. The van der Waals surface area contributed by atoms with Crippen molar-refractivity contribution in [3.63, 3.8) is 0 Å². The van der Waals surface area contributed by atoms with Crippen molar-refractivity contribution in [1.82, 2.24) is 4.72 Å². The molecule has 0 fully saturated rings. The van der Waals surface area contributed by atoms with Crippen LogP contribution in [0.4, 0.5) is 0 Å². The number of nitrogens with one attached hydrogen (secondary N) is 1. The molecule has 150 valence electrons. The number of carbonyl (C=O) groups excluding carboxylic acids is 2. The van der Waals surface area contributed by atoms with E-state index in [1.54, 1.807) is 19.1 Å². The van der Waals surface area contributed by atoms with Gasteiger partial charge < -0.3 is 9.47 Å². The molecule has 0 amide bonds. The van der Waals surface area contributed by atoms with E-state index >= 15 is 0 Å². The summed E-state index contributed by atoms with van der Waals surface area (Å²) in [7, 11) is -1.93. The third-order valence-corrected chi connectivity index (χ3v) is 6.19. The molecule has 0 aromatic heterocycles. The quantitative estimate of drug-likeness (QED) is 0.681. The highest BCUT2D eigenvalue weighted by atomic mass is 35.5. The Hall–Kier alpha value is -2.13. The Kier molecular flexibility index (Phi) is 7.06. The molecule has 2 rings (SSSR count). The van der Waals surface area contributed by atoms with Gasteiger partial charge in [-0.1, -0.05) is 29.3 Å². The van der Waals surface area contributed by atoms with Crippen molar-refractivity contribution in [3.8, 4) is 0 Å². The number of methoxy groups -OCH3 is 2. The number of benzene rings is 2. The summed E-state index contributed by atoms with van der Waals surface area (Å²) in [5.74, 6) is -1.61. The van der Waals surface area contributed by atoms with E-state index in [-0.39, 0.29) is 16.1 Å². The summed E-state index contributed by atoms with van der Waals surface area (Å²) in [6.45, 7) is 1.60. The first-order valence-electron chi connectivity index (χ1n) is 7.88. The minimum absolute atomic E-state index is 0.0299. The van der Waals surface area contributed by atoms with Gasteiger partial charge in [-0.05, 0) is 42.8 Å². The number of sulfonamides is 1. The third-order valence-electron chi connectivity index (χ3n) is 3.87. The Balaban J connectivity index is 2.48. The number of hydrogen-bond acceptors (Lipinski definition) is 6. The zero-order valence-electron chi connectivity index (χ0n) is 15.2. The first kappa shape index (κ1) is 22.2. The van der Waals surface area contributed by atoms with Crippen LogP contribution in [0.25, 0.3) is 0 Å². The highest BCUT2D eigenvalue weighted by Gasteiger charge is 2.27. The largest absolute Gasteiger partial charge is 0.465 e. The van der Waals surface area contributed by atoms with Crippen molar-refractivity contribution in [3.05, 3.63) is 63.1 Å². The van der Waals surface area contributed by atoms with Gasteiger partial charge in [-0.15, -0.1) is 0 Å². The molecule has 2 aromatic carbocycles. The smallest absolute Gasteiger partial charge is 0.339 e. The lowest BCUT2D eigenvalue weighted by Crippen LogP contribution is -2.29. The molecule has 2 aromatic rings. The van der Waals surface area contributed by atoms with Gasteiger partial charge in [0.05, 0.1) is 40.3 Å². The average molecular weight is 446 g/mol. The molecule has 0 saturated carbocycles. The van der Waals surface area contributed by atoms with Gasteiger partial charge in [0.15, 0.2) is 0 Å². The fraction of sp³-hybridized carbons (Fsp3) is 0.222. The predicted molar refractivity (Wildman–Crippen MR) is 104 cm³/mol. The molecule has 0 saturated heterocycles. The van der Waals surface area contributed by atoms with E-state index in [9.17, 15) is 18.0 Å². The second kappa shape index (κ2) is 8.91. The summed E-state index contributed by atoms with van der Waals surface area (Å²) < 4.78 is 37.6. The zero-order valence-corrected chi connectivity index (χ0v) is 17.5. The molecule has 0 unspecified atom stereocenters. The number of esters is 2. The fourth-order valence-corrected chi connectivity index (χ4v) is 4.17. The monoisotopic (exact) mass is 445 g/mol. The van der Waals surface area contributed by atoms with Crippen molar-refractivity contribution in [1.29, 1.82) is 0 Å². The number of carbonyl (C=O) groups is 2. The molecule has 0 radical (unpaired) electrons. The van der Waals surface area contributed by atoms with Crippen LogP contribution in [0, 0.1) is 0 Å². The van der Waals surface area contributed by atoms with Gasteiger partial charge >= 0.3 is 11.9 Å². The molecule has 0 aliphatic carbocycles. The van der Waals surface area contributed by atoms with Crippen LogP contribution < -0.4 is 4.72 Å². The number of halogens is 2. The fourth-order valence-electron chi connectivity index (χ4n) is 2.41. The van der Waals surface area contributed by atoms with Crippen LogP contribution in [-0.2, 0) is 19.5 Å². The molecular weight excluding hydrogens is 429 g/mol. The molecule has 0 aliphatic rings. The molecule has 1 N–H and O–H groups in total. The van der Waals surface area contributed by atoms with Crippen LogP contribution in [0.15, 0.2) is 41.3 Å². The molecule has 0 spiro atoms. The standard InChI is InChI=1S/C18H17Cl2NO6S/c1-10(11-5-7-14(19)15(20)8-11)21-28(24,25)16-9-12(17(22)26-2)4-6-13(16)18(23)27-3/h4-10,21H,1-3H3/t10-/m0/s1. The topological polar surface area (TPSA) is 98.8 Å². The lowest BCUT2D eigenvalue weighted by atomic mass is 10.1. The number of ether oxygens (including phenoxy) is 2. The normalized spacial score (nSPS) is 12.3. The van der Waals surface area contributed by atoms with Crippen LogP contribution in [0.5, 0.6) is 0 Å². The van der Waals surface area contributed by atoms with Crippen molar-refractivity contribution in [2.45, 2.75) is 17.9 Å². The minimum atomic E-state index is -4.22. The number of rotatable bonds is 6.